The van der Waals surface area contributed by atoms with Crippen LogP contribution in [0.5, 0.6) is 0 Å². The maximum atomic E-state index is 12.3. The molecule has 0 bridgehead atoms. The van der Waals surface area contributed by atoms with Crippen LogP contribution in [-0.2, 0) is 11.3 Å². The van der Waals surface area contributed by atoms with E-state index in [2.05, 4.69) is 10.1 Å². The number of rotatable bonds is 4. The van der Waals surface area contributed by atoms with Gasteiger partial charge >= 0.3 is 0 Å². The van der Waals surface area contributed by atoms with Gasteiger partial charge in [-0.2, -0.15) is 4.98 Å². The summed E-state index contributed by atoms with van der Waals surface area (Å²) >= 11 is 11.8. The minimum absolute atomic E-state index is 0.0798. The van der Waals surface area contributed by atoms with Crippen molar-refractivity contribution in [2.45, 2.75) is 25.4 Å². The lowest BCUT2D eigenvalue weighted by Crippen LogP contribution is -2.27. The van der Waals surface area contributed by atoms with E-state index in [1.165, 1.54) is 0 Å². The molecule has 0 aliphatic carbocycles. The Morgan fingerprint density at radius 3 is 2.38 bits per heavy atom. The Hall–Kier alpha value is -2.37. The van der Waals surface area contributed by atoms with Crippen LogP contribution in [0.2, 0.25) is 10.0 Å². The Morgan fingerprint density at radius 1 is 1.04 bits per heavy atom. The second kappa shape index (κ2) is 7.09. The predicted octanol–water partition coefficient (Wildman–Crippen LogP) is 4.91. The summed E-state index contributed by atoms with van der Waals surface area (Å²) in [6, 6.07) is 14.5. The van der Waals surface area contributed by atoms with E-state index < -0.39 is 0 Å². The molecular weight excluding hydrogens is 373 g/mol. The zero-order chi connectivity index (χ0) is 18.1. The molecule has 1 saturated heterocycles. The van der Waals surface area contributed by atoms with Crippen LogP contribution in [0.4, 0.5) is 0 Å². The topological polar surface area (TPSA) is 59.2 Å². The number of halogens is 2. The van der Waals surface area contributed by atoms with Gasteiger partial charge in [-0.3, -0.25) is 4.79 Å². The summed E-state index contributed by atoms with van der Waals surface area (Å²) in [6.07, 6.45) is 1.13. The van der Waals surface area contributed by atoms with E-state index in [4.69, 9.17) is 27.7 Å². The first-order valence-corrected chi connectivity index (χ1v) is 8.99. The van der Waals surface area contributed by atoms with Crippen molar-refractivity contribution in [2.24, 2.45) is 0 Å². The lowest BCUT2D eigenvalue weighted by atomic mass is 10.1. The molecule has 1 fully saturated rings. The molecule has 1 aliphatic rings. The van der Waals surface area contributed by atoms with Gasteiger partial charge < -0.3 is 9.42 Å². The van der Waals surface area contributed by atoms with Crippen molar-refractivity contribution in [1.82, 2.24) is 15.0 Å². The SMILES string of the molecule is O=C1CCC(c2nc(-c3ccc(Cl)cc3)no2)N1Cc1ccc(Cl)cc1. The van der Waals surface area contributed by atoms with Gasteiger partial charge in [0.2, 0.25) is 17.6 Å². The van der Waals surface area contributed by atoms with Gasteiger partial charge in [0.25, 0.3) is 0 Å². The third kappa shape index (κ3) is 3.45. The number of amides is 1. The third-order valence-corrected chi connectivity index (χ3v) is 4.93. The number of aromatic nitrogens is 2. The number of hydrogen-bond acceptors (Lipinski definition) is 4. The Bertz CT molecular complexity index is 923. The smallest absolute Gasteiger partial charge is 0.249 e. The highest BCUT2D eigenvalue weighted by Crippen LogP contribution is 2.34. The van der Waals surface area contributed by atoms with Crippen LogP contribution in [0.1, 0.15) is 30.3 Å². The van der Waals surface area contributed by atoms with E-state index in [-0.39, 0.29) is 11.9 Å². The molecule has 4 rings (SSSR count). The van der Waals surface area contributed by atoms with Gasteiger partial charge in [-0.1, -0.05) is 40.5 Å². The molecule has 5 nitrogen and oxygen atoms in total. The minimum atomic E-state index is -0.216. The Kier molecular flexibility index (Phi) is 4.66. The fourth-order valence-electron chi connectivity index (χ4n) is 3.06. The number of likely N-dealkylation sites (tertiary alicyclic amines) is 1. The normalized spacial score (nSPS) is 17.1. The van der Waals surface area contributed by atoms with Crippen molar-refractivity contribution in [3.63, 3.8) is 0 Å². The van der Waals surface area contributed by atoms with E-state index in [1.54, 1.807) is 17.0 Å². The zero-order valence-corrected chi connectivity index (χ0v) is 15.2. The van der Waals surface area contributed by atoms with E-state index >= 15 is 0 Å². The minimum Gasteiger partial charge on any atom is -0.337 e. The highest BCUT2D eigenvalue weighted by molar-refractivity contribution is 6.30. The summed E-state index contributed by atoms with van der Waals surface area (Å²) in [6.45, 7) is 0.485. The number of nitrogens with zero attached hydrogens (tertiary/aromatic N) is 3. The first-order valence-electron chi connectivity index (χ1n) is 8.23. The van der Waals surface area contributed by atoms with E-state index in [9.17, 15) is 4.79 Å². The van der Waals surface area contributed by atoms with Crippen LogP contribution in [0.25, 0.3) is 11.4 Å². The Morgan fingerprint density at radius 2 is 1.69 bits per heavy atom. The molecule has 132 valence electrons. The van der Waals surface area contributed by atoms with Crippen molar-refractivity contribution in [2.75, 3.05) is 0 Å². The summed E-state index contributed by atoms with van der Waals surface area (Å²) in [7, 11) is 0. The summed E-state index contributed by atoms with van der Waals surface area (Å²) in [5.74, 6) is 1.02. The van der Waals surface area contributed by atoms with Gasteiger partial charge in [0, 0.05) is 28.6 Å². The van der Waals surface area contributed by atoms with E-state index in [0.29, 0.717) is 41.1 Å². The van der Waals surface area contributed by atoms with Crippen molar-refractivity contribution in [3.05, 3.63) is 70.0 Å². The molecule has 0 saturated carbocycles. The fourth-order valence-corrected chi connectivity index (χ4v) is 3.31. The summed E-state index contributed by atoms with van der Waals surface area (Å²) in [5, 5.41) is 5.37. The molecule has 2 heterocycles. The summed E-state index contributed by atoms with van der Waals surface area (Å²) in [5.41, 5.74) is 1.82. The molecule has 3 aromatic rings. The Balaban J connectivity index is 1.57. The molecule has 0 radical (unpaired) electrons. The second-order valence-electron chi connectivity index (χ2n) is 6.17. The standard InChI is InChI=1S/C19H15Cl2N3O2/c20-14-5-1-12(2-6-14)11-24-16(9-10-17(24)25)19-22-18(23-26-19)13-3-7-15(21)8-4-13/h1-8,16H,9-11H2. The third-order valence-electron chi connectivity index (χ3n) is 4.42. The maximum Gasteiger partial charge on any atom is 0.249 e. The largest absolute Gasteiger partial charge is 0.337 e. The average Bonchev–Trinajstić information content (AvgIpc) is 3.25. The highest BCUT2D eigenvalue weighted by Gasteiger charge is 2.36. The van der Waals surface area contributed by atoms with Crippen LogP contribution in [0, 0.1) is 0 Å². The van der Waals surface area contributed by atoms with E-state index in [0.717, 1.165) is 11.1 Å². The van der Waals surface area contributed by atoms with Crippen LogP contribution in [-0.4, -0.2) is 20.9 Å². The Labute approximate surface area is 160 Å². The fraction of sp³-hybridized carbons (Fsp3) is 0.211. The first kappa shape index (κ1) is 17.1. The van der Waals surface area contributed by atoms with Crippen LogP contribution in [0.15, 0.2) is 53.1 Å². The molecular formula is C19H15Cl2N3O2. The predicted molar refractivity (Wildman–Crippen MR) is 98.7 cm³/mol. The molecule has 1 aliphatic heterocycles. The number of carbonyl (C=O) groups is 1. The summed E-state index contributed by atoms with van der Waals surface area (Å²) < 4.78 is 5.46. The molecule has 2 aromatic carbocycles. The number of hydrogen-bond donors (Lipinski definition) is 0. The monoisotopic (exact) mass is 387 g/mol. The quantitative estimate of drug-likeness (QED) is 0.638. The molecule has 1 amide bonds. The molecule has 26 heavy (non-hydrogen) atoms. The second-order valence-corrected chi connectivity index (χ2v) is 7.04. The number of benzene rings is 2. The van der Waals surface area contributed by atoms with E-state index in [1.807, 2.05) is 36.4 Å². The molecule has 7 heteroatoms. The van der Waals surface area contributed by atoms with Crippen LogP contribution < -0.4 is 0 Å². The number of carbonyl (C=O) groups excluding carboxylic acids is 1. The lowest BCUT2D eigenvalue weighted by molar-refractivity contribution is -0.129. The van der Waals surface area contributed by atoms with Crippen molar-refractivity contribution in [3.8, 4) is 11.4 Å². The lowest BCUT2D eigenvalue weighted by Gasteiger charge is -2.22. The van der Waals surface area contributed by atoms with Crippen LogP contribution in [0.3, 0.4) is 0 Å². The van der Waals surface area contributed by atoms with Gasteiger partial charge in [0.1, 0.15) is 6.04 Å². The van der Waals surface area contributed by atoms with Gasteiger partial charge in [0.15, 0.2) is 0 Å². The zero-order valence-electron chi connectivity index (χ0n) is 13.7. The average molecular weight is 388 g/mol. The molecule has 0 spiro atoms. The molecule has 1 atom stereocenters. The maximum absolute atomic E-state index is 12.3. The molecule has 1 aromatic heterocycles. The molecule has 1 unspecified atom stereocenters. The van der Waals surface area contributed by atoms with Gasteiger partial charge in [-0.15, -0.1) is 0 Å². The first-order chi connectivity index (χ1) is 12.6. The van der Waals surface area contributed by atoms with Gasteiger partial charge in [-0.05, 0) is 48.4 Å². The van der Waals surface area contributed by atoms with Crippen molar-refractivity contribution < 1.29 is 9.32 Å². The molecule has 0 N–H and O–H groups in total. The van der Waals surface area contributed by atoms with Crippen molar-refractivity contribution >= 4 is 29.1 Å². The van der Waals surface area contributed by atoms with Crippen molar-refractivity contribution in [1.29, 1.82) is 0 Å². The van der Waals surface area contributed by atoms with Gasteiger partial charge in [-0.25, -0.2) is 0 Å². The summed E-state index contributed by atoms with van der Waals surface area (Å²) in [4.78, 5) is 18.6. The van der Waals surface area contributed by atoms with Crippen LogP contribution >= 0.6 is 23.2 Å². The highest BCUT2D eigenvalue weighted by atomic mass is 35.5. The van der Waals surface area contributed by atoms with Gasteiger partial charge in [0.05, 0.1) is 0 Å².